The van der Waals surface area contributed by atoms with E-state index in [9.17, 15) is 4.79 Å². The number of nitrogens with zero attached hydrogens (tertiary/aromatic N) is 1. The monoisotopic (exact) mass is 274 g/mol. The van der Waals surface area contributed by atoms with Crippen LogP contribution < -0.4 is 5.32 Å². The molecule has 110 valence electrons. The number of hydrogen-bond donors (Lipinski definition) is 1. The molecule has 20 heavy (non-hydrogen) atoms. The molecule has 1 aliphatic heterocycles. The van der Waals surface area contributed by atoms with Crippen LogP contribution in [-0.2, 0) is 11.2 Å². The normalized spacial score (nSPS) is 18.8. The number of benzene rings is 1. The first kappa shape index (κ1) is 15.0. The number of nitrogens with one attached hydrogen (secondary N) is 1. The summed E-state index contributed by atoms with van der Waals surface area (Å²) >= 11 is 0. The molecule has 1 saturated heterocycles. The molecule has 1 amide bonds. The highest BCUT2D eigenvalue weighted by Crippen LogP contribution is 2.11. The molecule has 1 unspecified atom stereocenters. The zero-order valence-electron chi connectivity index (χ0n) is 12.5. The maximum Gasteiger partial charge on any atom is 0.222 e. The Morgan fingerprint density at radius 1 is 1.30 bits per heavy atom. The van der Waals surface area contributed by atoms with Crippen LogP contribution in [0.2, 0.25) is 0 Å². The lowest BCUT2D eigenvalue weighted by Gasteiger charge is -2.26. The molecule has 3 heteroatoms. The Morgan fingerprint density at radius 3 is 2.80 bits per heavy atom. The van der Waals surface area contributed by atoms with Gasteiger partial charge in [0.25, 0.3) is 0 Å². The highest BCUT2D eigenvalue weighted by molar-refractivity contribution is 5.76. The van der Waals surface area contributed by atoms with Gasteiger partial charge in [-0.05, 0) is 37.8 Å². The number of carbonyl (C=O) groups is 1. The van der Waals surface area contributed by atoms with Crippen molar-refractivity contribution in [1.29, 1.82) is 0 Å². The van der Waals surface area contributed by atoms with Crippen molar-refractivity contribution in [1.82, 2.24) is 10.2 Å². The van der Waals surface area contributed by atoms with Crippen molar-refractivity contribution in [3.63, 3.8) is 0 Å². The van der Waals surface area contributed by atoms with Gasteiger partial charge in [-0.2, -0.15) is 0 Å². The summed E-state index contributed by atoms with van der Waals surface area (Å²) < 4.78 is 0. The summed E-state index contributed by atoms with van der Waals surface area (Å²) in [5, 5.41) is 3.53. The Bertz CT molecular complexity index is 399. The first-order valence-corrected chi connectivity index (χ1v) is 7.77. The zero-order valence-corrected chi connectivity index (χ0v) is 12.5. The molecule has 1 atom stereocenters. The van der Waals surface area contributed by atoms with E-state index in [0.29, 0.717) is 12.5 Å². The number of hydrogen-bond acceptors (Lipinski definition) is 2. The van der Waals surface area contributed by atoms with Gasteiger partial charge in [0.15, 0.2) is 0 Å². The van der Waals surface area contributed by atoms with E-state index in [1.165, 1.54) is 24.8 Å². The van der Waals surface area contributed by atoms with Crippen molar-refractivity contribution in [2.24, 2.45) is 0 Å². The van der Waals surface area contributed by atoms with Crippen LogP contribution in [0.3, 0.4) is 0 Å². The lowest BCUT2D eigenvalue weighted by molar-refractivity contribution is -0.129. The average molecular weight is 274 g/mol. The number of rotatable bonds is 6. The van der Waals surface area contributed by atoms with E-state index in [4.69, 9.17) is 0 Å². The van der Waals surface area contributed by atoms with Gasteiger partial charge in [-0.1, -0.05) is 36.8 Å². The molecule has 0 radical (unpaired) electrons. The Kier molecular flexibility index (Phi) is 6.06. The van der Waals surface area contributed by atoms with Crippen molar-refractivity contribution in [2.75, 3.05) is 20.1 Å². The molecule has 2 rings (SSSR count). The molecule has 0 aromatic heterocycles. The van der Waals surface area contributed by atoms with Crippen LogP contribution in [0.5, 0.6) is 0 Å². The second-order valence-electron chi connectivity index (χ2n) is 5.74. The number of amides is 1. The molecule has 1 aromatic carbocycles. The fourth-order valence-corrected chi connectivity index (χ4v) is 2.73. The SMILES string of the molecule is CN(CCC1CCCCN1)C(=O)CCc1ccccc1. The van der Waals surface area contributed by atoms with Gasteiger partial charge in [0.1, 0.15) is 0 Å². The van der Waals surface area contributed by atoms with E-state index in [1.807, 2.05) is 30.1 Å². The van der Waals surface area contributed by atoms with Gasteiger partial charge in [0.2, 0.25) is 5.91 Å². The highest BCUT2D eigenvalue weighted by Gasteiger charge is 2.15. The predicted molar refractivity (Wildman–Crippen MR) is 82.7 cm³/mol. The third-order valence-electron chi connectivity index (χ3n) is 4.12. The van der Waals surface area contributed by atoms with Crippen molar-refractivity contribution >= 4 is 5.91 Å². The average Bonchev–Trinajstić information content (AvgIpc) is 2.52. The van der Waals surface area contributed by atoms with E-state index >= 15 is 0 Å². The van der Waals surface area contributed by atoms with E-state index in [1.54, 1.807) is 0 Å². The summed E-state index contributed by atoms with van der Waals surface area (Å²) in [5.74, 6) is 0.254. The fourth-order valence-electron chi connectivity index (χ4n) is 2.73. The molecule has 0 spiro atoms. The van der Waals surface area contributed by atoms with E-state index < -0.39 is 0 Å². The smallest absolute Gasteiger partial charge is 0.222 e. The first-order chi connectivity index (χ1) is 9.75. The van der Waals surface area contributed by atoms with Gasteiger partial charge in [-0.15, -0.1) is 0 Å². The van der Waals surface area contributed by atoms with Crippen LogP contribution in [0.4, 0.5) is 0 Å². The molecule has 3 nitrogen and oxygen atoms in total. The van der Waals surface area contributed by atoms with Crippen LogP contribution in [-0.4, -0.2) is 37.0 Å². The number of carbonyl (C=O) groups excluding carboxylic acids is 1. The third kappa shape index (κ3) is 4.97. The van der Waals surface area contributed by atoms with E-state index in [2.05, 4.69) is 17.4 Å². The van der Waals surface area contributed by atoms with Gasteiger partial charge in [-0.3, -0.25) is 4.79 Å². The van der Waals surface area contributed by atoms with Crippen molar-refractivity contribution < 1.29 is 4.79 Å². The van der Waals surface area contributed by atoms with Crippen LogP contribution in [0.15, 0.2) is 30.3 Å². The maximum absolute atomic E-state index is 12.1. The Labute approximate surface area is 122 Å². The quantitative estimate of drug-likeness (QED) is 0.865. The molecular formula is C17H26N2O. The van der Waals surface area contributed by atoms with Crippen molar-refractivity contribution in [2.45, 2.75) is 44.6 Å². The topological polar surface area (TPSA) is 32.3 Å². The Hall–Kier alpha value is -1.35. The molecule has 1 heterocycles. The molecule has 1 N–H and O–H groups in total. The lowest BCUT2D eigenvalue weighted by atomic mass is 10.0. The predicted octanol–water partition coefficient (Wildman–Crippen LogP) is 2.61. The third-order valence-corrected chi connectivity index (χ3v) is 4.12. The van der Waals surface area contributed by atoms with Crippen LogP contribution in [0.1, 0.15) is 37.7 Å². The van der Waals surface area contributed by atoms with Crippen LogP contribution in [0, 0.1) is 0 Å². The lowest BCUT2D eigenvalue weighted by Crippen LogP contribution is -2.38. The second kappa shape index (κ2) is 8.05. The number of aryl methyl sites for hydroxylation is 1. The molecule has 0 bridgehead atoms. The summed E-state index contributed by atoms with van der Waals surface area (Å²) in [5.41, 5.74) is 1.24. The van der Waals surface area contributed by atoms with E-state index in [-0.39, 0.29) is 5.91 Å². The minimum Gasteiger partial charge on any atom is -0.346 e. The second-order valence-corrected chi connectivity index (χ2v) is 5.74. The Balaban J connectivity index is 1.66. The molecule has 0 saturated carbocycles. The minimum atomic E-state index is 0.254. The molecule has 1 aromatic rings. The fraction of sp³-hybridized carbons (Fsp3) is 0.588. The summed E-state index contributed by atoms with van der Waals surface area (Å²) in [6, 6.07) is 10.8. The minimum absolute atomic E-state index is 0.254. The van der Waals surface area contributed by atoms with Crippen molar-refractivity contribution in [3.8, 4) is 0 Å². The molecule has 0 aliphatic carbocycles. The first-order valence-electron chi connectivity index (χ1n) is 7.77. The standard InChI is InChI=1S/C17H26N2O/c1-19(14-12-16-9-5-6-13-18-16)17(20)11-10-15-7-3-2-4-8-15/h2-4,7-8,16,18H,5-6,9-14H2,1H3. The van der Waals surface area contributed by atoms with Gasteiger partial charge in [-0.25, -0.2) is 0 Å². The maximum atomic E-state index is 12.1. The van der Waals surface area contributed by atoms with E-state index in [0.717, 1.165) is 25.9 Å². The molecule has 1 aliphatic rings. The van der Waals surface area contributed by atoms with Gasteiger partial charge < -0.3 is 10.2 Å². The van der Waals surface area contributed by atoms with Gasteiger partial charge >= 0.3 is 0 Å². The Morgan fingerprint density at radius 2 is 2.10 bits per heavy atom. The summed E-state index contributed by atoms with van der Waals surface area (Å²) in [6.07, 6.45) is 6.40. The van der Waals surface area contributed by atoms with Crippen LogP contribution >= 0.6 is 0 Å². The number of piperidine rings is 1. The van der Waals surface area contributed by atoms with Gasteiger partial charge in [0.05, 0.1) is 0 Å². The van der Waals surface area contributed by atoms with Gasteiger partial charge in [0, 0.05) is 26.1 Å². The molecule has 1 fully saturated rings. The largest absolute Gasteiger partial charge is 0.346 e. The van der Waals surface area contributed by atoms with Crippen LogP contribution in [0.25, 0.3) is 0 Å². The highest BCUT2D eigenvalue weighted by atomic mass is 16.2. The summed E-state index contributed by atoms with van der Waals surface area (Å²) in [4.78, 5) is 14.0. The van der Waals surface area contributed by atoms with Crippen molar-refractivity contribution in [3.05, 3.63) is 35.9 Å². The summed E-state index contributed by atoms with van der Waals surface area (Å²) in [7, 11) is 1.93. The molecular weight excluding hydrogens is 248 g/mol. The zero-order chi connectivity index (χ0) is 14.2. The summed E-state index contributed by atoms with van der Waals surface area (Å²) in [6.45, 7) is 2.00.